The van der Waals surface area contributed by atoms with Gasteiger partial charge in [0.15, 0.2) is 0 Å². The van der Waals surface area contributed by atoms with Crippen LogP contribution in [0.15, 0.2) is 0 Å². The Bertz CT molecular complexity index is 368. The van der Waals surface area contributed by atoms with E-state index in [-0.39, 0.29) is 37.2 Å². The van der Waals surface area contributed by atoms with Gasteiger partial charge in [0.25, 0.3) is 0 Å². The Morgan fingerprint density at radius 2 is 2.05 bits per heavy atom. The van der Waals surface area contributed by atoms with Crippen molar-refractivity contribution in [1.29, 1.82) is 0 Å². The number of carbonyl (C=O) groups is 2. The molecule has 0 spiro atoms. The largest absolute Gasteiger partial charge is 0.481 e. The van der Waals surface area contributed by atoms with Crippen LogP contribution in [-0.2, 0) is 9.53 Å². The van der Waals surface area contributed by atoms with Crippen LogP contribution in [0.5, 0.6) is 0 Å². The first-order valence-corrected chi connectivity index (χ1v) is 7.39. The first-order chi connectivity index (χ1) is 9.49. The zero-order chi connectivity index (χ0) is 14.7. The van der Waals surface area contributed by atoms with Crippen molar-refractivity contribution in [2.45, 2.75) is 57.7 Å². The van der Waals surface area contributed by atoms with Crippen molar-refractivity contribution in [2.75, 3.05) is 13.2 Å². The van der Waals surface area contributed by atoms with E-state index in [1.165, 1.54) is 12.8 Å². The van der Waals surface area contributed by atoms with Crippen molar-refractivity contribution in [1.82, 2.24) is 10.2 Å². The van der Waals surface area contributed by atoms with Crippen LogP contribution in [-0.4, -0.2) is 53.3 Å². The quantitative estimate of drug-likeness (QED) is 0.773. The van der Waals surface area contributed by atoms with Gasteiger partial charge in [-0.1, -0.05) is 0 Å². The standard InChI is InChI=1S/C14H24N2O4/c1-9(2)16(7-5-12(17)18)14(19)15-11-6-8-20-13(11)10-3-4-10/h9-11,13H,3-8H2,1-2H3,(H,15,19)(H,17,18). The molecule has 2 aliphatic rings. The van der Waals surface area contributed by atoms with Crippen molar-refractivity contribution in [3.63, 3.8) is 0 Å². The smallest absolute Gasteiger partial charge is 0.317 e. The molecule has 1 saturated heterocycles. The lowest BCUT2D eigenvalue weighted by Gasteiger charge is -2.29. The highest BCUT2D eigenvalue weighted by Gasteiger charge is 2.41. The summed E-state index contributed by atoms with van der Waals surface area (Å²) in [6, 6.07) is -0.125. The number of hydrogen-bond acceptors (Lipinski definition) is 3. The third kappa shape index (κ3) is 3.85. The summed E-state index contributed by atoms with van der Waals surface area (Å²) in [5.41, 5.74) is 0. The summed E-state index contributed by atoms with van der Waals surface area (Å²) in [4.78, 5) is 24.6. The molecule has 1 saturated carbocycles. The molecule has 6 nitrogen and oxygen atoms in total. The number of hydrogen-bond donors (Lipinski definition) is 2. The van der Waals surface area contributed by atoms with Crippen LogP contribution in [0.1, 0.15) is 39.5 Å². The number of ether oxygens (including phenoxy) is 1. The zero-order valence-corrected chi connectivity index (χ0v) is 12.2. The van der Waals surface area contributed by atoms with E-state index in [1.54, 1.807) is 4.90 Å². The second kappa shape index (κ2) is 6.43. The predicted molar refractivity (Wildman–Crippen MR) is 73.5 cm³/mol. The van der Waals surface area contributed by atoms with E-state index >= 15 is 0 Å². The molecule has 2 amide bonds. The summed E-state index contributed by atoms with van der Waals surface area (Å²) < 4.78 is 5.70. The molecule has 0 aromatic heterocycles. The lowest BCUT2D eigenvalue weighted by Crippen LogP contribution is -2.50. The minimum atomic E-state index is -0.886. The maximum Gasteiger partial charge on any atom is 0.317 e. The zero-order valence-electron chi connectivity index (χ0n) is 12.2. The van der Waals surface area contributed by atoms with E-state index in [2.05, 4.69) is 5.32 Å². The third-order valence-corrected chi connectivity index (χ3v) is 3.98. The average molecular weight is 284 g/mol. The van der Waals surface area contributed by atoms with Gasteiger partial charge in [-0.05, 0) is 39.0 Å². The highest BCUT2D eigenvalue weighted by atomic mass is 16.5. The number of urea groups is 1. The minimum absolute atomic E-state index is 0.0175. The van der Waals surface area contributed by atoms with E-state index in [1.807, 2.05) is 13.8 Å². The molecule has 1 aliphatic heterocycles. The molecular weight excluding hydrogens is 260 g/mol. The Kier molecular flexibility index (Phi) is 4.86. The van der Waals surface area contributed by atoms with Crippen LogP contribution in [0.2, 0.25) is 0 Å². The molecule has 114 valence electrons. The van der Waals surface area contributed by atoms with E-state index in [0.717, 1.165) is 6.42 Å². The van der Waals surface area contributed by atoms with E-state index in [4.69, 9.17) is 9.84 Å². The molecule has 0 radical (unpaired) electrons. The summed E-state index contributed by atoms with van der Waals surface area (Å²) >= 11 is 0. The summed E-state index contributed by atoms with van der Waals surface area (Å²) in [5, 5.41) is 11.8. The normalized spacial score (nSPS) is 25.8. The molecule has 2 N–H and O–H groups in total. The van der Waals surface area contributed by atoms with Crippen molar-refractivity contribution in [3.05, 3.63) is 0 Å². The summed E-state index contributed by atoms with van der Waals surface area (Å²) in [7, 11) is 0. The predicted octanol–water partition coefficient (Wildman–Crippen LogP) is 1.45. The van der Waals surface area contributed by atoms with Gasteiger partial charge in [0.2, 0.25) is 0 Å². The highest BCUT2D eigenvalue weighted by Crippen LogP contribution is 2.38. The van der Waals surface area contributed by atoms with Crippen LogP contribution in [0.25, 0.3) is 0 Å². The molecule has 0 aromatic carbocycles. The van der Waals surface area contributed by atoms with Gasteiger partial charge in [0.05, 0.1) is 18.6 Å². The molecule has 2 atom stereocenters. The Morgan fingerprint density at radius 1 is 1.35 bits per heavy atom. The number of amides is 2. The molecule has 1 aliphatic carbocycles. The first kappa shape index (κ1) is 15.1. The molecular formula is C14H24N2O4. The van der Waals surface area contributed by atoms with Crippen molar-refractivity contribution in [3.8, 4) is 0 Å². The molecule has 20 heavy (non-hydrogen) atoms. The fourth-order valence-corrected chi connectivity index (χ4v) is 2.71. The maximum atomic E-state index is 12.3. The molecule has 1 heterocycles. The highest BCUT2D eigenvalue weighted by molar-refractivity contribution is 5.76. The van der Waals surface area contributed by atoms with E-state index in [9.17, 15) is 9.59 Å². The summed E-state index contributed by atoms with van der Waals surface area (Å²) in [6.45, 7) is 4.72. The molecule has 6 heteroatoms. The van der Waals surface area contributed by atoms with E-state index < -0.39 is 5.97 Å². The topological polar surface area (TPSA) is 78.9 Å². The van der Waals surface area contributed by atoms with Gasteiger partial charge in [-0.3, -0.25) is 4.79 Å². The number of nitrogens with zero attached hydrogens (tertiary/aromatic N) is 1. The van der Waals surface area contributed by atoms with Gasteiger partial charge in [0, 0.05) is 19.2 Å². The number of nitrogens with one attached hydrogen (secondary N) is 1. The minimum Gasteiger partial charge on any atom is -0.481 e. The fourth-order valence-electron chi connectivity index (χ4n) is 2.71. The van der Waals surface area contributed by atoms with Gasteiger partial charge in [-0.15, -0.1) is 0 Å². The Hall–Kier alpha value is -1.30. The number of aliphatic carboxylic acids is 1. The summed E-state index contributed by atoms with van der Waals surface area (Å²) in [6.07, 6.45) is 3.33. The molecule has 0 aromatic rings. The number of rotatable bonds is 6. The molecule has 2 fully saturated rings. The third-order valence-electron chi connectivity index (χ3n) is 3.98. The van der Waals surface area contributed by atoms with Gasteiger partial charge in [0.1, 0.15) is 0 Å². The van der Waals surface area contributed by atoms with Crippen LogP contribution in [0.4, 0.5) is 4.79 Å². The van der Waals surface area contributed by atoms with Gasteiger partial charge in [-0.25, -0.2) is 4.79 Å². The Labute approximate surface area is 119 Å². The van der Waals surface area contributed by atoms with Crippen molar-refractivity contribution < 1.29 is 19.4 Å². The molecule has 2 rings (SSSR count). The lowest BCUT2D eigenvalue weighted by atomic mass is 10.1. The number of carbonyl (C=O) groups excluding carboxylic acids is 1. The fraction of sp³-hybridized carbons (Fsp3) is 0.857. The second-order valence-corrected chi connectivity index (χ2v) is 5.95. The lowest BCUT2D eigenvalue weighted by molar-refractivity contribution is -0.137. The van der Waals surface area contributed by atoms with Crippen LogP contribution in [0.3, 0.4) is 0 Å². The van der Waals surface area contributed by atoms with Gasteiger partial charge >= 0.3 is 12.0 Å². The Morgan fingerprint density at radius 3 is 2.60 bits per heavy atom. The Balaban J connectivity index is 1.88. The second-order valence-electron chi connectivity index (χ2n) is 5.95. The maximum absolute atomic E-state index is 12.3. The van der Waals surface area contributed by atoms with Gasteiger partial charge in [-0.2, -0.15) is 0 Å². The van der Waals surface area contributed by atoms with Gasteiger partial charge < -0.3 is 20.1 Å². The molecule has 0 bridgehead atoms. The van der Waals surface area contributed by atoms with Crippen LogP contribution in [0, 0.1) is 5.92 Å². The van der Waals surface area contributed by atoms with Crippen LogP contribution >= 0.6 is 0 Å². The summed E-state index contributed by atoms with van der Waals surface area (Å²) in [5.74, 6) is -0.294. The van der Waals surface area contributed by atoms with Crippen LogP contribution < -0.4 is 5.32 Å². The first-order valence-electron chi connectivity index (χ1n) is 7.39. The average Bonchev–Trinajstić information content (AvgIpc) is 3.10. The number of carboxylic acids is 1. The monoisotopic (exact) mass is 284 g/mol. The molecule has 2 unspecified atom stereocenters. The number of carboxylic acid groups (broad SMARTS) is 1. The van der Waals surface area contributed by atoms with Crippen molar-refractivity contribution >= 4 is 12.0 Å². The van der Waals surface area contributed by atoms with E-state index in [0.29, 0.717) is 12.5 Å². The SMILES string of the molecule is CC(C)N(CCC(=O)O)C(=O)NC1CCOC1C1CC1. The van der Waals surface area contributed by atoms with Crippen molar-refractivity contribution in [2.24, 2.45) is 5.92 Å².